The Hall–Kier alpha value is -4.11. The number of carbonyl (C=O) groups is 2. The number of carbonyl (C=O) groups excluding carboxylic acids is 2. The van der Waals surface area contributed by atoms with Gasteiger partial charge < -0.3 is 28.4 Å². The number of esters is 2. The van der Waals surface area contributed by atoms with Gasteiger partial charge in [0.25, 0.3) is 0 Å². The third kappa shape index (κ3) is 5.10. The van der Waals surface area contributed by atoms with Crippen molar-refractivity contribution in [3.8, 4) is 11.5 Å². The Morgan fingerprint density at radius 2 is 1.76 bits per heavy atom. The number of fused-ring (bicyclic) bond motifs is 5. The highest BCUT2D eigenvalue weighted by Gasteiger charge is 2.50. The molecule has 41 heavy (non-hydrogen) atoms. The van der Waals surface area contributed by atoms with E-state index in [9.17, 15) is 14.4 Å². The zero-order valence-corrected chi connectivity index (χ0v) is 24.6. The summed E-state index contributed by atoms with van der Waals surface area (Å²) in [5.74, 6) is -0.239. The fourth-order valence-corrected chi connectivity index (χ4v) is 5.77. The van der Waals surface area contributed by atoms with Crippen molar-refractivity contribution in [1.82, 2.24) is 9.47 Å². The lowest BCUT2D eigenvalue weighted by Gasteiger charge is -2.43. The van der Waals surface area contributed by atoms with Crippen molar-refractivity contribution in [1.29, 1.82) is 0 Å². The van der Waals surface area contributed by atoms with E-state index in [2.05, 4.69) is 0 Å². The molecule has 0 spiro atoms. The zero-order valence-electron chi connectivity index (χ0n) is 24.6. The molecule has 0 aliphatic carbocycles. The Morgan fingerprint density at radius 3 is 2.39 bits per heavy atom. The molecule has 9 heteroatoms. The molecule has 0 N–H and O–H groups in total. The van der Waals surface area contributed by atoms with Gasteiger partial charge in [-0.05, 0) is 63.8 Å². The summed E-state index contributed by atoms with van der Waals surface area (Å²) >= 11 is 0. The van der Waals surface area contributed by atoms with Gasteiger partial charge in [0, 0.05) is 31.8 Å². The molecule has 1 aliphatic heterocycles. The van der Waals surface area contributed by atoms with Gasteiger partial charge in [-0.25, -0.2) is 0 Å². The molecule has 2 heterocycles. The maximum atomic E-state index is 14.1. The summed E-state index contributed by atoms with van der Waals surface area (Å²) in [7, 11) is 7.23. The Kier molecular flexibility index (Phi) is 7.42. The summed E-state index contributed by atoms with van der Waals surface area (Å²) in [6.07, 6.45) is -1.18. The maximum absolute atomic E-state index is 14.1. The number of methoxy groups -OCH3 is 1. The van der Waals surface area contributed by atoms with Crippen molar-refractivity contribution in [2.75, 3.05) is 27.7 Å². The molecule has 4 aromatic rings. The molecule has 5 rings (SSSR count). The van der Waals surface area contributed by atoms with Crippen molar-refractivity contribution in [3.05, 3.63) is 58.3 Å². The predicted octanol–water partition coefficient (Wildman–Crippen LogP) is 4.88. The summed E-state index contributed by atoms with van der Waals surface area (Å²) in [6.45, 7) is 5.60. The molecule has 0 radical (unpaired) electrons. The van der Waals surface area contributed by atoms with Gasteiger partial charge in [-0.2, -0.15) is 0 Å². The summed E-state index contributed by atoms with van der Waals surface area (Å²) in [5.41, 5.74) is 0.357. The van der Waals surface area contributed by atoms with E-state index >= 15 is 0 Å². The number of hydrogen-bond donors (Lipinski definition) is 0. The van der Waals surface area contributed by atoms with Gasteiger partial charge in [-0.3, -0.25) is 14.4 Å². The van der Waals surface area contributed by atoms with E-state index in [0.29, 0.717) is 45.3 Å². The Labute approximate surface area is 238 Å². The fourth-order valence-electron chi connectivity index (χ4n) is 5.77. The third-order valence-corrected chi connectivity index (χ3v) is 7.67. The Bertz CT molecular complexity index is 1740. The largest absolute Gasteiger partial charge is 0.496 e. The molecule has 2 atom stereocenters. The van der Waals surface area contributed by atoms with E-state index in [1.54, 1.807) is 19.9 Å². The fraction of sp³-hybridized carbons (Fsp3) is 0.406. The van der Waals surface area contributed by atoms with Gasteiger partial charge >= 0.3 is 11.9 Å². The second-order valence-corrected chi connectivity index (χ2v) is 11.4. The molecular weight excluding hydrogens is 524 g/mol. The minimum absolute atomic E-state index is 0.198. The highest BCUT2D eigenvalue weighted by molar-refractivity contribution is 6.04. The van der Waals surface area contributed by atoms with Gasteiger partial charge in [0.1, 0.15) is 17.1 Å². The molecule has 0 bridgehead atoms. The van der Waals surface area contributed by atoms with E-state index in [1.807, 2.05) is 67.0 Å². The van der Waals surface area contributed by atoms with Crippen molar-refractivity contribution in [2.45, 2.75) is 51.4 Å². The monoisotopic (exact) mass is 560 g/mol. The van der Waals surface area contributed by atoms with Crippen molar-refractivity contribution >= 4 is 44.5 Å². The first-order chi connectivity index (χ1) is 19.4. The molecule has 0 fully saturated rings. The van der Waals surface area contributed by atoms with Crippen LogP contribution >= 0.6 is 0 Å². The van der Waals surface area contributed by atoms with Crippen LogP contribution in [-0.2, 0) is 26.1 Å². The zero-order chi connectivity index (χ0) is 29.6. The van der Waals surface area contributed by atoms with Crippen LogP contribution in [0.4, 0.5) is 0 Å². The summed E-state index contributed by atoms with van der Waals surface area (Å²) in [6, 6.07) is 13.3. The SMILES string of the molecule is COc1cc2c(c3c1c(=O)c1cc4ccccc4cc1n3C)[C@@H](OC(C)=O)[C@@H](OC(=O)CCCN(C)C)C(C)(C)O2. The van der Waals surface area contributed by atoms with Crippen LogP contribution in [0.25, 0.3) is 32.6 Å². The lowest BCUT2D eigenvalue weighted by atomic mass is 9.86. The number of pyridine rings is 1. The first kappa shape index (κ1) is 28.4. The van der Waals surface area contributed by atoms with Crippen LogP contribution in [0.5, 0.6) is 11.5 Å². The van der Waals surface area contributed by atoms with E-state index in [4.69, 9.17) is 18.9 Å². The molecule has 0 saturated heterocycles. The van der Waals surface area contributed by atoms with Crippen LogP contribution in [0, 0.1) is 0 Å². The van der Waals surface area contributed by atoms with Crippen molar-refractivity contribution in [2.24, 2.45) is 7.05 Å². The predicted molar refractivity (Wildman–Crippen MR) is 158 cm³/mol. The lowest BCUT2D eigenvalue weighted by molar-refractivity contribution is -0.189. The van der Waals surface area contributed by atoms with Gasteiger partial charge in [0.05, 0.1) is 29.1 Å². The summed E-state index contributed by atoms with van der Waals surface area (Å²) in [4.78, 5) is 41.6. The molecule has 0 unspecified atom stereocenters. The minimum atomic E-state index is -1.06. The summed E-state index contributed by atoms with van der Waals surface area (Å²) in [5, 5.41) is 2.78. The minimum Gasteiger partial charge on any atom is -0.496 e. The molecule has 9 nitrogen and oxygen atoms in total. The van der Waals surface area contributed by atoms with Gasteiger partial charge in [-0.1, -0.05) is 24.3 Å². The average Bonchev–Trinajstić information content (AvgIpc) is 2.91. The van der Waals surface area contributed by atoms with E-state index in [1.165, 1.54) is 14.0 Å². The highest BCUT2D eigenvalue weighted by atomic mass is 16.6. The standard InChI is InChI=1S/C32H36N2O7/c1-18(35)39-30-27-24(41-32(2,3)31(30)40-25(36)13-10-14-33(4)5)17-23(38-7)26-28(27)34(6)22-16-20-12-9-8-11-19(20)15-21(22)29(26)37/h8-9,11-12,15-17,30-31H,10,13-14H2,1-7H3/t30-,31-/m1/s1. The van der Waals surface area contributed by atoms with Gasteiger partial charge in [0.15, 0.2) is 12.2 Å². The number of aryl methyl sites for hydroxylation is 1. The molecule has 1 aromatic heterocycles. The number of aromatic nitrogens is 1. The van der Waals surface area contributed by atoms with E-state index in [-0.39, 0.29) is 11.8 Å². The average molecular weight is 561 g/mol. The summed E-state index contributed by atoms with van der Waals surface area (Å²) < 4.78 is 26.0. The quantitative estimate of drug-likeness (QED) is 0.233. The van der Waals surface area contributed by atoms with E-state index < -0.39 is 29.7 Å². The van der Waals surface area contributed by atoms with Crippen LogP contribution < -0.4 is 14.9 Å². The molecule has 0 amide bonds. The van der Waals surface area contributed by atoms with Gasteiger partial charge in [0.2, 0.25) is 5.43 Å². The van der Waals surface area contributed by atoms with Crippen LogP contribution in [-0.4, -0.2) is 60.9 Å². The number of nitrogens with zero attached hydrogens (tertiary/aromatic N) is 2. The van der Waals surface area contributed by atoms with E-state index in [0.717, 1.165) is 17.3 Å². The number of benzene rings is 3. The molecule has 1 aliphatic rings. The first-order valence-corrected chi connectivity index (χ1v) is 13.7. The lowest BCUT2D eigenvalue weighted by Crippen LogP contribution is -2.52. The second kappa shape index (κ2) is 10.7. The molecule has 216 valence electrons. The van der Waals surface area contributed by atoms with Gasteiger partial charge in [-0.15, -0.1) is 0 Å². The molecule has 3 aromatic carbocycles. The highest BCUT2D eigenvalue weighted by Crippen LogP contribution is 2.49. The third-order valence-electron chi connectivity index (χ3n) is 7.67. The molecular formula is C32H36N2O7. The topological polar surface area (TPSA) is 96.3 Å². The first-order valence-electron chi connectivity index (χ1n) is 13.7. The van der Waals surface area contributed by atoms with Crippen LogP contribution in [0.15, 0.2) is 47.3 Å². The number of rotatable bonds is 7. The smallest absolute Gasteiger partial charge is 0.306 e. The molecule has 0 saturated carbocycles. The van der Waals surface area contributed by atoms with Crippen LogP contribution in [0.2, 0.25) is 0 Å². The second-order valence-electron chi connectivity index (χ2n) is 11.4. The van der Waals surface area contributed by atoms with Crippen LogP contribution in [0.1, 0.15) is 45.3 Å². The number of hydrogen-bond acceptors (Lipinski definition) is 8. The van der Waals surface area contributed by atoms with Crippen molar-refractivity contribution < 1.29 is 28.5 Å². The number of ether oxygens (including phenoxy) is 4. The Morgan fingerprint density at radius 1 is 1.07 bits per heavy atom. The van der Waals surface area contributed by atoms with Crippen LogP contribution in [0.3, 0.4) is 0 Å². The Balaban J connectivity index is 1.77. The maximum Gasteiger partial charge on any atom is 0.306 e. The van der Waals surface area contributed by atoms with Crippen molar-refractivity contribution in [3.63, 3.8) is 0 Å². The normalized spacial score (nSPS) is 17.9.